The molecule has 0 unspecified atom stereocenters. The number of imidazole rings is 1. The van der Waals surface area contributed by atoms with Crippen LogP contribution in [0.25, 0.3) is 0 Å². The van der Waals surface area contributed by atoms with E-state index in [0.717, 1.165) is 10.4 Å². The second-order valence-electron chi connectivity index (χ2n) is 4.25. The molecule has 18 heavy (non-hydrogen) atoms. The standard InChI is InChI=1S/C13H14BrFN2O/c1-9(2)17-7-11(16-13(17)14)8-18-12-5-3-4-10(15)6-12/h3-7,9H,8H2,1-2H3. The highest BCUT2D eigenvalue weighted by molar-refractivity contribution is 9.10. The van der Waals surface area contributed by atoms with Gasteiger partial charge in [-0.05, 0) is 41.9 Å². The van der Waals surface area contributed by atoms with Crippen molar-refractivity contribution in [2.24, 2.45) is 0 Å². The van der Waals surface area contributed by atoms with E-state index in [1.54, 1.807) is 12.1 Å². The first-order valence-electron chi connectivity index (χ1n) is 5.68. The summed E-state index contributed by atoms with van der Waals surface area (Å²) in [5, 5.41) is 0. The van der Waals surface area contributed by atoms with E-state index >= 15 is 0 Å². The molecule has 0 fully saturated rings. The van der Waals surface area contributed by atoms with E-state index in [9.17, 15) is 4.39 Å². The summed E-state index contributed by atoms with van der Waals surface area (Å²) < 4.78 is 21.2. The van der Waals surface area contributed by atoms with Gasteiger partial charge in [-0.3, -0.25) is 0 Å². The molecular weight excluding hydrogens is 299 g/mol. The molecule has 0 aliphatic rings. The molecule has 2 aromatic rings. The Hall–Kier alpha value is -1.36. The molecule has 1 aromatic carbocycles. The first kappa shape index (κ1) is 13.1. The Bertz CT molecular complexity index is 540. The van der Waals surface area contributed by atoms with Gasteiger partial charge in [0.15, 0.2) is 4.73 Å². The molecule has 5 heteroatoms. The summed E-state index contributed by atoms with van der Waals surface area (Å²) in [6.45, 7) is 4.47. The fraction of sp³-hybridized carbons (Fsp3) is 0.308. The molecule has 2 rings (SSSR count). The Kier molecular flexibility index (Phi) is 4.01. The van der Waals surface area contributed by atoms with Crippen molar-refractivity contribution in [3.05, 3.63) is 46.7 Å². The number of hydrogen-bond acceptors (Lipinski definition) is 2. The fourth-order valence-electron chi connectivity index (χ4n) is 1.56. The van der Waals surface area contributed by atoms with E-state index < -0.39 is 0 Å². The van der Waals surface area contributed by atoms with Gasteiger partial charge in [0.25, 0.3) is 0 Å². The molecule has 0 bridgehead atoms. The third-order valence-corrected chi connectivity index (χ3v) is 3.06. The number of nitrogens with zero attached hydrogens (tertiary/aromatic N) is 2. The molecule has 0 aliphatic heterocycles. The van der Waals surface area contributed by atoms with E-state index in [0.29, 0.717) is 18.4 Å². The van der Waals surface area contributed by atoms with Gasteiger partial charge >= 0.3 is 0 Å². The first-order chi connectivity index (χ1) is 8.56. The Labute approximate surface area is 114 Å². The molecule has 3 nitrogen and oxygen atoms in total. The molecule has 0 saturated heterocycles. The van der Waals surface area contributed by atoms with Crippen molar-refractivity contribution in [1.29, 1.82) is 0 Å². The lowest BCUT2D eigenvalue weighted by molar-refractivity contribution is 0.300. The van der Waals surface area contributed by atoms with E-state index in [-0.39, 0.29) is 5.82 Å². The maximum atomic E-state index is 13.0. The molecular formula is C13H14BrFN2O. The summed E-state index contributed by atoms with van der Waals surface area (Å²) in [4.78, 5) is 4.33. The molecule has 0 spiro atoms. The van der Waals surface area contributed by atoms with E-state index in [2.05, 4.69) is 34.8 Å². The molecule has 96 valence electrons. The quantitative estimate of drug-likeness (QED) is 0.855. The van der Waals surface area contributed by atoms with Crippen molar-refractivity contribution in [3.63, 3.8) is 0 Å². The maximum Gasteiger partial charge on any atom is 0.177 e. The van der Waals surface area contributed by atoms with Crippen LogP contribution in [0.2, 0.25) is 0 Å². The molecule has 0 amide bonds. The van der Waals surface area contributed by atoms with Crippen molar-refractivity contribution < 1.29 is 9.13 Å². The molecule has 0 aliphatic carbocycles. The van der Waals surface area contributed by atoms with Gasteiger partial charge < -0.3 is 9.30 Å². The van der Waals surface area contributed by atoms with Crippen LogP contribution in [-0.4, -0.2) is 9.55 Å². The normalized spacial score (nSPS) is 10.9. The second kappa shape index (κ2) is 5.52. The van der Waals surface area contributed by atoms with Crippen LogP contribution in [0.15, 0.2) is 35.2 Å². The lowest BCUT2D eigenvalue weighted by atomic mass is 10.3. The third kappa shape index (κ3) is 3.10. The van der Waals surface area contributed by atoms with Crippen LogP contribution in [0, 0.1) is 5.82 Å². The van der Waals surface area contributed by atoms with Crippen LogP contribution in [0.4, 0.5) is 4.39 Å². The van der Waals surface area contributed by atoms with Crippen molar-refractivity contribution in [2.75, 3.05) is 0 Å². The molecule has 0 radical (unpaired) electrons. The summed E-state index contributed by atoms with van der Waals surface area (Å²) in [5.74, 6) is 0.201. The first-order valence-corrected chi connectivity index (χ1v) is 6.47. The zero-order valence-corrected chi connectivity index (χ0v) is 11.8. The number of ether oxygens (including phenoxy) is 1. The highest BCUT2D eigenvalue weighted by Gasteiger charge is 2.08. The molecule has 0 saturated carbocycles. The van der Waals surface area contributed by atoms with Gasteiger partial charge in [-0.2, -0.15) is 0 Å². The van der Waals surface area contributed by atoms with Crippen LogP contribution in [0.3, 0.4) is 0 Å². The molecule has 1 heterocycles. The fourth-order valence-corrected chi connectivity index (χ4v) is 2.30. The van der Waals surface area contributed by atoms with Gasteiger partial charge in [0.1, 0.15) is 18.2 Å². The second-order valence-corrected chi connectivity index (χ2v) is 4.96. The van der Waals surface area contributed by atoms with Crippen molar-refractivity contribution in [1.82, 2.24) is 9.55 Å². The number of aromatic nitrogens is 2. The number of hydrogen-bond donors (Lipinski definition) is 0. The summed E-state index contributed by atoms with van der Waals surface area (Å²) in [6.07, 6.45) is 1.92. The average Bonchev–Trinajstić information content (AvgIpc) is 2.68. The number of halogens is 2. The largest absolute Gasteiger partial charge is 0.487 e. The summed E-state index contributed by atoms with van der Waals surface area (Å²) in [5.41, 5.74) is 0.805. The topological polar surface area (TPSA) is 27.1 Å². The minimum Gasteiger partial charge on any atom is -0.487 e. The Morgan fingerprint density at radius 1 is 1.44 bits per heavy atom. The van der Waals surface area contributed by atoms with Crippen LogP contribution in [0.5, 0.6) is 5.75 Å². The van der Waals surface area contributed by atoms with Crippen molar-refractivity contribution in [3.8, 4) is 5.75 Å². The van der Waals surface area contributed by atoms with Crippen LogP contribution < -0.4 is 4.74 Å². The lowest BCUT2D eigenvalue weighted by Gasteiger charge is -2.06. The van der Waals surface area contributed by atoms with E-state index in [4.69, 9.17) is 4.74 Å². The number of rotatable bonds is 4. The number of benzene rings is 1. The smallest absolute Gasteiger partial charge is 0.177 e. The van der Waals surface area contributed by atoms with E-state index in [1.807, 2.05) is 10.8 Å². The van der Waals surface area contributed by atoms with Crippen LogP contribution >= 0.6 is 15.9 Å². The summed E-state index contributed by atoms with van der Waals surface area (Å²) in [7, 11) is 0. The van der Waals surface area contributed by atoms with E-state index in [1.165, 1.54) is 12.1 Å². The Morgan fingerprint density at radius 3 is 2.83 bits per heavy atom. The van der Waals surface area contributed by atoms with Gasteiger partial charge in [0.05, 0.1) is 5.69 Å². The minimum atomic E-state index is -0.304. The SMILES string of the molecule is CC(C)n1cc(COc2cccc(F)c2)nc1Br. The monoisotopic (exact) mass is 312 g/mol. The van der Waals surface area contributed by atoms with Gasteiger partial charge in [-0.25, -0.2) is 9.37 Å². The maximum absolute atomic E-state index is 13.0. The zero-order valence-electron chi connectivity index (χ0n) is 10.2. The summed E-state index contributed by atoms with van der Waals surface area (Å²) >= 11 is 3.39. The van der Waals surface area contributed by atoms with Gasteiger partial charge in [-0.1, -0.05) is 6.07 Å². The summed E-state index contributed by atoms with van der Waals surface area (Å²) in [6, 6.07) is 6.41. The average molecular weight is 313 g/mol. The van der Waals surface area contributed by atoms with Crippen molar-refractivity contribution in [2.45, 2.75) is 26.5 Å². The highest BCUT2D eigenvalue weighted by Crippen LogP contribution is 2.18. The van der Waals surface area contributed by atoms with Crippen LogP contribution in [0.1, 0.15) is 25.6 Å². The Morgan fingerprint density at radius 2 is 2.22 bits per heavy atom. The van der Waals surface area contributed by atoms with Gasteiger partial charge in [0, 0.05) is 18.3 Å². The van der Waals surface area contributed by atoms with Crippen LogP contribution in [-0.2, 0) is 6.61 Å². The lowest BCUT2D eigenvalue weighted by Crippen LogP contribution is -1.99. The predicted octanol–water partition coefficient (Wildman–Crippen LogP) is 3.94. The third-order valence-electron chi connectivity index (χ3n) is 2.48. The minimum absolute atomic E-state index is 0.304. The molecule has 0 N–H and O–H groups in total. The van der Waals surface area contributed by atoms with Crippen molar-refractivity contribution >= 4 is 15.9 Å². The van der Waals surface area contributed by atoms with Gasteiger partial charge in [-0.15, -0.1) is 0 Å². The predicted molar refractivity (Wildman–Crippen MR) is 71.0 cm³/mol. The zero-order chi connectivity index (χ0) is 13.1. The molecule has 0 atom stereocenters. The molecule has 1 aromatic heterocycles. The highest BCUT2D eigenvalue weighted by atomic mass is 79.9. The Balaban J connectivity index is 2.04. The van der Waals surface area contributed by atoms with Gasteiger partial charge in [0.2, 0.25) is 0 Å².